The molecule has 1 N–H and O–H groups in total. The lowest BCUT2D eigenvalue weighted by molar-refractivity contribution is 0.181. The zero-order valence-electron chi connectivity index (χ0n) is 11.7. The highest BCUT2D eigenvalue weighted by Crippen LogP contribution is 2.23. The molecule has 21 heavy (non-hydrogen) atoms. The molecule has 6 nitrogen and oxygen atoms in total. The molecule has 0 spiro atoms. The Morgan fingerprint density at radius 1 is 1.24 bits per heavy atom. The largest absolute Gasteiger partial charge is 0.447 e. The molecule has 1 atom stereocenters. The van der Waals surface area contributed by atoms with Crippen LogP contribution in [0.1, 0.15) is 18.5 Å². The lowest BCUT2D eigenvalue weighted by atomic mass is 10.1. The minimum absolute atomic E-state index is 0.0759. The van der Waals surface area contributed by atoms with Gasteiger partial charge in [0.05, 0.1) is 12.6 Å². The van der Waals surface area contributed by atoms with Crippen molar-refractivity contribution in [2.45, 2.75) is 13.0 Å². The van der Waals surface area contributed by atoms with Crippen LogP contribution in [0.3, 0.4) is 0 Å². The van der Waals surface area contributed by atoms with Gasteiger partial charge in [-0.3, -0.25) is 4.90 Å². The zero-order chi connectivity index (χ0) is 14.7. The van der Waals surface area contributed by atoms with E-state index in [9.17, 15) is 4.79 Å². The number of cyclic esters (lactones) is 1. The number of nitrogens with zero attached hydrogens (tertiary/aromatic N) is 3. The van der Waals surface area contributed by atoms with Gasteiger partial charge in [-0.15, -0.1) is 0 Å². The first-order chi connectivity index (χ1) is 10.2. The summed E-state index contributed by atoms with van der Waals surface area (Å²) in [5.74, 6) is 0.595. The van der Waals surface area contributed by atoms with Gasteiger partial charge in [-0.1, -0.05) is 12.1 Å². The maximum atomic E-state index is 11.5. The van der Waals surface area contributed by atoms with Gasteiger partial charge >= 0.3 is 6.09 Å². The Morgan fingerprint density at radius 2 is 1.95 bits per heavy atom. The van der Waals surface area contributed by atoms with E-state index in [4.69, 9.17) is 4.74 Å². The molecule has 108 valence electrons. The molecule has 0 bridgehead atoms. The van der Waals surface area contributed by atoms with E-state index < -0.39 is 0 Å². The minimum Gasteiger partial charge on any atom is -0.447 e. The number of carbonyl (C=O) groups is 1. The SMILES string of the molecule is CC(Nc1ncccn1)c1ccc(N2CCOC2=O)cc1. The number of amides is 1. The fourth-order valence-electron chi connectivity index (χ4n) is 2.22. The predicted octanol–water partition coefficient (Wildman–Crippen LogP) is 2.61. The van der Waals surface area contributed by atoms with Crippen molar-refractivity contribution >= 4 is 17.7 Å². The molecule has 3 rings (SSSR count). The molecular weight excluding hydrogens is 268 g/mol. The van der Waals surface area contributed by atoms with E-state index in [1.807, 2.05) is 31.2 Å². The molecule has 1 amide bonds. The second kappa shape index (κ2) is 5.78. The quantitative estimate of drug-likeness (QED) is 0.934. The van der Waals surface area contributed by atoms with Gasteiger partial charge < -0.3 is 10.1 Å². The molecule has 1 aromatic carbocycles. The fourth-order valence-corrected chi connectivity index (χ4v) is 2.22. The van der Waals surface area contributed by atoms with Gasteiger partial charge in [0.15, 0.2) is 0 Å². The first kappa shape index (κ1) is 13.4. The van der Waals surface area contributed by atoms with Crippen LogP contribution in [-0.2, 0) is 4.74 Å². The Hall–Kier alpha value is -2.63. The molecule has 0 radical (unpaired) electrons. The average molecular weight is 284 g/mol. The molecule has 0 saturated carbocycles. The van der Waals surface area contributed by atoms with Gasteiger partial charge in [0.1, 0.15) is 6.61 Å². The molecule has 6 heteroatoms. The number of carbonyl (C=O) groups excluding carboxylic acids is 1. The van der Waals surface area contributed by atoms with Crippen LogP contribution in [0.4, 0.5) is 16.4 Å². The predicted molar refractivity (Wildman–Crippen MR) is 79.2 cm³/mol. The number of hydrogen-bond acceptors (Lipinski definition) is 5. The Kier molecular flexibility index (Phi) is 3.68. The Balaban J connectivity index is 1.70. The summed E-state index contributed by atoms with van der Waals surface area (Å²) in [5, 5.41) is 3.23. The van der Waals surface area contributed by atoms with Crippen LogP contribution in [0.5, 0.6) is 0 Å². The van der Waals surface area contributed by atoms with Crippen molar-refractivity contribution in [1.82, 2.24) is 9.97 Å². The smallest absolute Gasteiger partial charge is 0.414 e. The number of anilines is 2. The normalized spacial score (nSPS) is 15.7. The summed E-state index contributed by atoms with van der Waals surface area (Å²) < 4.78 is 4.93. The van der Waals surface area contributed by atoms with Crippen LogP contribution in [0.2, 0.25) is 0 Å². The topological polar surface area (TPSA) is 67.3 Å². The summed E-state index contributed by atoms with van der Waals surface area (Å²) in [7, 11) is 0. The monoisotopic (exact) mass is 284 g/mol. The fraction of sp³-hybridized carbons (Fsp3) is 0.267. The highest BCUT2D eigenvalue weighted by atomic mass is 16.6. The highest BCUT2D eigenvalue weighted by molar-refractivity contribution is 5.89. The summed E-state index contributed by atoms with van der Waals surface area (Å²) in [6.07, 6.45) is 3.11. The van der Waals surface area contributed by atoms with Crippen LogP contribution in [-0.4, -0.2) is 29.2 Å². The van der Waals surface area contributed by atoms with Gasteiger partial charge in [-0.05, 0) is 30.7 Å². The van der Waals surface area contributed by atoms with E-state index in [1.54, 1.807) is 23.4 Å². The van der Waals surface area contributed by atoms with Gasteiger partial charge in [0, 0.05) is 18.1 Å². The molecule has 1 aliphatic rings. The van der Waals surface area contributed by atoms with Crippen molar-refractivity contribution in [3.05, 3.63) is 48.3 Å². The number of rotatable bonds is 4. The molecule has 2 heterocycles. The lowest BCUT2D eigenvalue weighted by Crippen LogP contribution is -2.23. The van der Waals surface area contributed by atoms with E-state index in [0.717, 1.165) is 11.3 Å². The molecule has 1 aliphatic heterocycles. The summed E-state index contributed by atoms with van der Waals surface area (Å²) in [6, 6.07) is 9.67. The maximum Gasteiger partial charge on any atom is 0.414 e. The van der Waals surface area contributed by atoms with E-state index in [-0.39, 0.29) is 12.1 Å². The first-order valence-electron chi connectivity index (χ1n) is 6.82. The van der Waals surface area contributed by atoms with E-state index in [0.29, 0.717) is 19.1 Å². The van der Waals surface area contributed by atoms with Crippen LogP contribution >= 0.6 is 0 Å². The summed E-state index contributed by atoms with van der Waals surface area (Å²) in [6.45, 7) is 3.09. The second-order valence-electron chi connectivity index (χ2n) is 4.80. The molecule has 1 saturated heterocycles. The second-order valence-corrected chi connectivity index (χ2v) is 4.80. The van der Waals surface area contributed by atoms with Crippen LogP contribution in [0.25, 0.3) is 0 Å². The third-order valence-corrected chi connectivity index (χ3v) is 3.38. The summed E-state index contributed by atoms with van der Waals surface area (Å²) in [5.41, 5.74) is 1.95. The first-order valence-corrected chi connectivity index (χ1v) is 6.82. The number of hydrogen-bond donors (Lipinski definition) is 1. The average Bonchev–Trinajstić information content (AvgIpc) is 2.94. The third-order valence-electron chi connectivity index (χ3n) is 3.38. The molecular formula is C15H16N4O2. The minimum atomic E-state index is -0.286. The Bertz CT molecular complexity index is 615. The lowest BCUT2D eigenvalue weighted by Gasteiger charge is -2.16. The van der Waals surface area contributed by atoms with Crippen molar-refractivity contribution in [2.24, 2.45) is 0 Å². The van der Waals surface area contributed by atoms with Crippen LogP contribution in [0, 0.1) is 0 Å². The standard InChI is InChI=1S/C15H16N4O2/c1-11(18-14-16-7-2-8-17-14)12-3-5-13(6-4-12)19-9-10-21-15(19)20/h2-8,11H,9-10H2,1H3,(H,16,17,18). The molecule has 2 aromatic rings. The molecule has 1 unspecified atom stereocenters. The van der Waals surface area contributed by atoms with Crippen LogP contribution < -0.4 is 10.2 Å². The van der Waals surface area contributed by atoms with Crippen LogP contribution in [0.15, 0.2) is 42.7 Å². The Labute approximate surface area is 122 Å². The van der Waals surface area contributed by atoms with E-state index in [1.165, 1.54) is 0 Å². The number of ether oxygens (including phenoxy) is 1. The van der Waals surface area contributed by atoms with Crippen molar-refractivity contribution in [2.75, 3.05) is 23.4 Å². The van der Waals surface area contributed by atoms with E-state index in [2.05, 4.69) is 15.3 Å². The van der Waals surface area contributed by atoms with Gasteiger partial charge in [0.2, 0.25) is 5.95 Å². The highest BCUT2D eigenvalue weighted by Gasteiger charge is 2.23. The van der Waals surface area contributed by atoms with Crippen molar-refractivity contribution in [3.63, 3.8) is 0 Å². The maximum absolute atomic E-state index is 11.5. The number of benzene rings is 1. The van der Waals surface area contributed by atoms with Crippen molar-refractivity contribution < 1.29 is 9.53 Å². The zero-order valence-corrected chi connectivity index (χ0v) is 11.7. The van der Waals surface area contributed by atoms with Gasteiger partial charge in [-0.2, -0.15) is 0 Å². The third kappa shape index (κ3) is 2.94. The summed E-state index contributed by atoms with van der Waals surface area (Å²) in [4.78, 5) is 21.4. The molecule has 1 aromatic heterocycles. The van der Waals surface area contributed by atoms with Crippen molar-refractivity contribution in [1.29, 1.82) is 0 Å². The van der Waals surface area contributed by atoms with Crippen molar-refractivity contribution in [3.8, 4) is 0 Å². The number of nitrogens with one attached hydrogen (secondary N) is 1. The molecule has 0 aliphatic carbocycles. The summed E-state index contributed by atoms with van der Waals surface area (Å²) >= 11 is 0. The Morgan fingerprint density at radius 3 is 2.57 bits per heavy atom. The van der Waals surface area contributed by atoms with Gasteiger partial charge in [-0.25, -0.2) is 14.8 Å². The number of aromatic nitrogens is 2. The molecule has 1 fully saturated rings. The van der Waals surface area contributed by atoms with E-state index >= 15 is 0 Å². The van der Waals surface area contributed by atoms with Gasteiger partial charge in [0.25, 0.3) is 0 Å².